The summed E-state index contributed by atoms with van der Waals surface area (Å²) in [6.45, 7) is 0. The third-order valence-electron chi connectivity index (χ3n) is 4.71. The van der Waals surface area contributed by atoms with Crippen molar-refractivity contribution in [1.82, 2.24) is 19.9 Å². The second-order valence-electron chi connectivity index (χ2n) is 6.42. The standard InChI is InChI=1S/C24H16N4.2ClH.Ni/c1-5-17-6-2-10-20-23(17)19(9-1)25-13-14-27-21-11-3-7-18-8-4-12-22(24(18)21)28-16-15-26-20;;;/h1-16H;2*1H;/q;;;+2/p-2. The molecule has 0 saturated heterocycles. The number of rotatable bonds is 0. The maximum absolute atomic E-state index is 4.63. The van der Waals surface area contributed by atoms with Gasteiger partial charge in [-0.1, -0.05) is 48.5 Å². The van der Waals surface area contributed by atoms with E-state index in [1.807, 2.05) is 48.5 Å². The van der Waals surface area contributed by atoms with Crippen LogP contribution in [-0.2, 0) is 16.5 Å². The minimum Gasteiger partial charge on any atom is -1.00 e. The molecule has 0 radical (unpaired) electrons. The van der Waals surface area contributed by atoms with E-state index in [-0.39, 0.29) is 41.3 Å². The Kier molecular flexibility index (Phi) is 8.64. The summed E-state index contributed by atoms with van der Waals surface area (Å²) in [6, 6.07) is 24.2. The number of hydrogen-bond donors (Lipinski definition) is 0. The second kappa shape index (κ2) is 11.0. The van der Waals surface area contributed by atoms with Crippen LogP contribution in [0.3, 0.4) is 0 Å². The first kappa shape index (κ1) is 24.4. The molecule has 1 aromatic heterocycles. The van der Waals surface area contributed by atoms with Crippen molar-refractivity contribution in [1.29, 1.82) is 0 Å². The molecule has 0 fully saturated rings. The van der Waals surface area contributed by atoms with Crippen LogP contribution in [0.4, 0.5) is 0 Å². The quantitative estimate of drug-likeness (QED) is 0.277. The number of aromatic nitrogens is 4. The molecule has 31 heavy (non-hydrogen) atoms. The zero-order chi connectivity index (χ0) is 18.8. The van der Waals surface area contributed by atoms with E-state index in [0.717, 1.165) is 43.6 Å². The summed E-state index contributed by atoms with van der Waals surface area (Å²) in [7, 11) is 0. The van der Waals surface area contributed by atoms with Gasteiger partial charge < -0.3 is 24.8 Å². The van der Waals surface area contributed by atoms with Crippen molar-refractivity contribution in [2.45, 2.75) is 0 Å². The molecule has 0 N–H and O–H groups in total. The van der Waals surface area contributed by atoms with Gasteiger partial charge in [-0.05, 0) is 35.0 Å². The molecule has 7 heteroatoms. The van der Waals surface area contributed by atoms with Gasteiger partial charge in [-0.15, -0.1) is 0 Å². The van der Waals surface area contributed by atoms with Gasteiger partial charge in [0.05, 0.1) is 22.1 Å². The van der Waals surface area contributed by atoms with Gasteiger partial charge >= 0.3 is 16.5 Å². The van der Waals surface area contributed by atoms with Gasteiger partial charge in [0.2, 0.25) is 0 Å². The summed E-state index contributed by atoms with van der Waals surface area (Å²) < 4.78 is 0. The van der Waals surface area contributed by atoms with Crippen LogP contribution >= 0.6 is 0 Å². The van der Waals surface area contributed by atoms with Crippen molar-refractivity contribution < 1.29 is 41.3 Å². The van der Waals surface area contributed by atoms with Gasteiger partial charge in [0.25, 0.3) is 0 Å². The Morgan fingerprint density at radius 1 is 0.387 bits per heavy atom. The predicted molar refractivity (Wildman–Crippen MR) is 114 cm³/mol. The summed E-state index contributed by atoms with van der Waals surface area (Å²) in [5.41, 5.74) is 3.46. The molecule has 0 amide bonds. The van der Waals surface area contributed by atoms with E-state index in [1.165, 1.54) is 0 Å². The molecule has 4 aromatic carbocycles. The summed E-state index contributed by atoms with van der Waals surface area (Å²) in [4.78, 5) is 18.5. The topological polar surface area (TPSA) is 51.6 Å². The summed E-state index contributed by atoms with van der Waals surface area (Å²) in [6.07, 6.45) is 6.91. The van der Waals surface area contributed by atoms with Crippen molar-refractivity contribution in [2.24, 2.45) is 0 Å². The maximum Gasteiger partial charge on any atom is 2.00 e. The second-order valence-corrected chi connectivity index (χ2v) is 6.42. The summed E-state index contributed by atoms with van der Waals surface area (Å²) >= 11 is 0. The zero-order valence-corrected chi connectivity index (χ0v) is 18.6. The van der Waals surface area contributed by atoms with Crippen molar-refractivity contribution in [3.05, 3.63) is 97.6 Å². The van der Waals surface area contributed by atoms with E-state index >= 15 is 0 Å². The zero-order valence-electron chi connectivity index (χ0n) is 16.1. The summed E-state index contributed by atoms with van der Waals surface area (Å²) in [5.74, 6) is 0. The number of halogens is 2. The fraction of sp³-hybridized carbons (Fsp3) is 0. The largest absolute Gasteiger partial charge is 2.00 e. The van der Waals surface area contributed by atoms with Gasteiger partial charge in [-0.2, -0.15) is 0 Å². The van der Waals surface area contributed by atoms with Crippen LogP contribution in [0, 0.1) is 0 Å². The molecule has 0 spiro atoms. The normalized spacial score (nSPS) is 9.81. The van der Waals surface area contributed by atoms with Crippen LogP contribution in [0.1, 0.15) is 0 Å². The molecular weight excluding hydrogens is 474 g/mol. The Morgan fingerprint density at radius 2 is 0.645 bits per heavy atom. The van der Waals surface area contributed by atoms with Crippen LogP contribution in [0.2, 0.25) is 0 Å². The monoisotopic (exact) mass is 488 g/mol. The molecule has 156 valence electrons. The van der Waals surface area contributed by atoms with E-state index in [4.69, 9.17) is 0 Å². The van der Waals surface area contributed by atoms with Crippen molar-refractivity contribution in [3.63, 3.8) is 0 Å². The van der Waals surface area contributed by atoms with Gasteiger partial charge in [-0.3, -0.25) is 19.9 Å². The Morgan fingerprint density at radius 3 is 0.903 bits per heavy atom. The minimum atomic E-state index is 0. The fourth-order valence-corrected chi connectivity index (χ4v) is 3.49. The molecule has 0 atom stereocenters. The first-order valence-electron chi connectivity index (χ1n) is 9.07. The maximum atomic E-state index is 4.63. The summed E-state index contributed by atoms with van der Waals surface area (Å²) in [5, 5.41) is 4.22. The van der Waals surface area contributed by atoms with E-state index in [1.54, 1.807) is 24.8 Å². The van der Waals surface area contributed by atoms with Crippen LogP contribution in [0.5, 0.6) is 0 Å². The molecule has 0 bridgehead atoms. The van der Waals surface area contributed by atoms with Crippen molar-refractivity contribution in [3.8, 4) is 0 Å². The fourth-order valence-electron chi connectivity index (χ4n) is 3.49. The Bertz CT molecular complexity index is 1230. The Hall–Kier alpha value is -2.85. The molecule has 0 saturated carbocycles. The number of hydrogen-bond acceptors (Lipinski definition) is 4. The molecule has 5 rings (SSSR count). The first-order valence-corrected chi connectivity index (χ1v) is 9.07. The van der Waals surface area contributed by atoms with Gasteiger partial charge in [0, 0.05) is 35.6 Å². The SMILES string of the molecule is [Cl-].[Cl-].[Ni+2].c1cc2cccc3nccnc4cccc5cccc(nccnc(c1)c23)c54. The van der Waals surface area contributed by atoms with Gasteiger partial charge in [-0.25, -0.2) is 0 Å². The number of benzene rings is 4. The van der Waals surface area contributed by atoms with Crippen LogP contribution in [0.15, 0.2) is 97.6 Å². The smallest absolute Gasteiger partial charge is 1.00 e. The number of nitrogens with zero attached hydrogens (tertiary/aromatic N) is 4. The molecule has 0 aliphatic heterocycles. The molecule has 0 unspecified atom stereocenters. The Balaban J connectivity index is 0.00000114. The minimum absolute atomic E-state index is 0. The van der Waals surface area contributed by atoms with Gasteiger partial charge in [0.15, 0.2) is 0 Å². The van der Waals surface area contributed by atoms with E-state index in [0.29, 0.717) is 0 Å². The van der Waals surface area contributed by atoms with Crippen LogP contribution < -0.4 is 24.8 Å². The third kappa shape index (κ3) is 4.91. The average molecular weight is 490 g/mol. The van der Waals surface area contributed by atoms with E-state index in [9.17, 15) is 0 Å². The van der Waals surface area contributed by atoms with Gasteiger partial charge in [0.1, 0.15) is 0 Å². The van der Waals surface area contributed by atoms with Crippen LogP contribution in [0.25, 0.3) is 43.6 Å². The average Bonchev–Trinajstić information content (AvgIpc) is 2.74. The molecule has 0 aliphatic carbocycles. The first-order chi connectivity index (χ1) is 13.9. The Labute approximate surface area is 201 Å². The molecule has 4 nitrogen and oxygen atoms in total. The molecule has 0 aliphatic rings. The molecule has 1 heterocycles. The van der Waals surface area contributed by atoms with E-state index in [2.05, 4.69) is 44.2 Å². The van der Waals surface area contributed by atoms with Crippen molar-refractivity contribution >= 4 is 43.6 Å². The molecular formula is C24H16Cl2N4Ni. The van der Waals surface area contributed by atoms with Crippen molar-refractivity contribution in [2.75, 3.05) is 0 Å². The third-order valence-corrected chi connectivity index (χ3v) is 4.71. The predicted octanol–water partition coefficient (Wildman–Crippen LogP) is -0.428. The van der Waals surface area contributed by atoms with E-state index < -0.39 is 0 Å². The molecule has 5 aromatic rings. The van der Waals surface area contributed by atoms with Crippen LogP contribution in [-0.4, -0.2) is 19.9 Å².